The summed E-state index contributed by atoms with van der Waals surface area (Å²) in [6, 6.07) is 14.5. The Labute approximate surface area is 173 Å². The number of piperazine rings is 1. The fourth-order valence-electron chi connectivity index (χ4n) is 3.35. The highest BCUT2D eigenvalue weighted by molar-refractivity contribution is 7.99. The molecular weight excluding hydrogens is 389 g/mol. The van der Waals surface area contributed by atoms with Gasteiger partial charge in [0.1, 0.15) is 5.82 Å². The molecule has 8 heteroatoms. The van der Waals surface area contributed by atoms with Crippen molar-refractivity contribution in [3.63, 3.8) is 0 Å². The molecular formula is C21H22FN5OS. The van der Waals surface area contributed by atoms with Crippen molar-refractivity contribution in [3.05, 3.63) is 59.9 Å². The van der Waals surface area contributed by atoms with Crippen LogP contribution in [0, 0.1) is 12.7 Å². The Balaban J connectivity index is 1.29. The number of nitrogens with one attached hydrogen (secondary N) is 1. The van der Waals surface area contributed by atoms with Gasteiger partial charge >= 0.3 is 0 Å². The van der Waals surface area contributed by atoms with Crippen molar-refractivity contribution >= 4 is 23.4 Å². The monoisotopic (exact) mass is 411 g/mol. The fourth-order valence-corrected chi connectivity index (χ4v) is 4.05. The number of benzene rings is 2. The van der Waals surface area contributed by atoms with E-state index < -0.39 is 0 Å². The molecule has 0 unspecified atom stereocenters. The van der Waals surface area contributed by atoms with Gasteiger partial charge in [-0.2, -0.15) is 0 Å². The lowest BCUT2D eigenvalue weighted by atomic mass is 10.1. The van der Waals surface area contributed by atoms with E-state index in [1.807, 2.05) is 36.1 Å². The number of carbonyl (C=O) groups is 1. The number of aromatic nitrogens is 3. The second kappa shape index (κ2) is 8.65. The van der Waals surface area contributed by atoms with Crippen molar-refractivity contribution in [1.29, 1.82) is 0 Å². The predicted molar refractivity (Wildman–Crippen MR) is 112 cm³/mol. The average Bonchev–Trinajstić information content (AvgIpc) is 3.22. The van der Waals surface area contributed by atoms with E-state index in [4.69, 9.17) is 0 Å². The Hall–Kier alpha value is -2.87. The van der Waals surface area contributed by atoms with Gasteiger partial charge in [0, 0.05) is 37.4 Å². The van der Waals surface area contributed by atoms with E-state index >= 15 is 0 Å². The molecule has 1 amide bonds. The Bertz CT molecular complexity index is 983. The van der Waals surface area contributed by atoms with Crippen LogP contribution in [0.3, 0.4) is 0 Å². The Morgan fingerprint density at radius 3 is 2.55 bits per heavy atom. The highest BCUT2D eigenvalue weighted by Gasteiger charge is 2.22. The zero-order chi connectivity index (χ0) is 20.2. The lowest BCUT2D eigenvalue weighted by molar-refractivity contribution is -0.128. The van der Waals surface area contributed by atoms with E-state index in [1.165, 1.54) is 23.9 Å². The highest BCUT2D eigenvalue weighted by Crippen LogP contribution is 2.23. The van der Waals surface area contributed by atoms with Gasteiger partial charge in [-0.25, -0.2) is 9.37 Å². The van der Waals surface area contributed by atoms with Gasteiger partial charge in [-0.15, -0.1) is 5.10 Å². The van der Waals surface area contributed by atoms with Crippen LogP contribution < -0.4 is 4.90 Å². The minimum absolute atomic E-state index is 0.0796. The fraction of sp³-hybridized carbons (Fsp3) is 0.286. The van der Waals surface area contributed by atoms with Crippen molar-refractivity contribution in [1.82, 2.24) is 20.1 Å². The van der Waals surface area contributed by atoms with Gasteiger partial charge < -0.3 is 9.80 Å². The van der Waals surface area contributed by atoms with Gasteiger partial charge in [0.15, 0.2) is 5.82 Å². The number of H-pyrrole nitrogens is 1. The van der Waals surface area contributed by atoms with Crippen LogP contribution in [0.1, 0.15) is 5.56 Å². The van der Waals surface area contributed by atoms with Crippen LogP contribution in [0.5, 0.6) is 0 Å². The molecule has 0 saturated carbocycles. The first-order chi connectivity index (χ1) is 14.1. The van der Waals surface area contributed by atoms with Crippen molar-refractivity contribution in [3.8, 4) is 11.4 Å². The van der Waals surface area contributed by atoms with Crippen LogP contribution in [0.2, 0.25) is 0 Å². The second-order valence-electron chi connectivity index (χ2n) is 6.91. The largest absolute Gasteiger partial charge is 0.368 e. The van der Waals surface area contributed by atoms with Crippen molar-refractivity contribution in [2.75, 3.05) is 36.8 Å². The van der Waals surface area contributed by atoms with E-state index in [9.17, 15) is 9.18 Å². The van der Waals surface area contributed by atoms with Crippen LogP contribution in [0.15, 0.2) is 53.7 Å². The van der Waals surface area contributed by atoms with Crippen LogP contribution in [-0.4, -0.2) is 57.9 Å². The van der Waals surface area contributed by atoms with Crippen LogP contribution >= 0.6 is 11.8 Å². The molecule has 1 N–H and O–H groups in total. The number of carbonyl (C=O) groups excluding carboxylic acids is 1. The molecule has 1 aliphatic heterocycles. The lowest BCUT2D eigenvalue weighted by Gasteiger charge is -2.36. The summed E-state index contributed by atoms with van der Waals surface area (Å²) >= 11 is 1.34. The number of aromatic amines is 1. The van der Waals surface area contributed by atoms with Gasteiger partial charge in [0.05, 0.1) is 5.75 Å². The molecule has 29 heavy (non-hydrogen) atoms. The van der Waals surface area contributed by atoms with Gasteiger partial charge in [-0.1, -0.05) is 36.0 Å². The quantitative estimate of drug-likeness (QED) is 0.652. The number of amides is 1. The summed E-state index contributed by atoms with van der Waals surface area (Å²) in [5.41, 5.74) is 3.11. The number of hydrogen-bond donors (Lipinski definition) is 1. The summed E-state index contributed by atoms with van der Waals surface area (Å²) in [5, 5.41) is 7.75. The number of thioether (sulfide) groups is 1. The molecule has 3 aromatic rings. The molecule has 0 atom stereocenters. The number of hydrogen-bond acceptors (Lipinski definition) is 5. The minimum Gasteiger partial charge on any atom is -0.368 e. The first-order valence-corrected chi connectivity index (χ1v) is 10.5. The van der Waals surface area contributed by atoms with E-state index in [1.54, 1.807) is 12.1 Å². The van der Waals surface area contributed by atoms with Gasteiger partial charge in [0.2, 0.25) is 11.1 Å². The summed E-state index contributed by atoms with van der Waals surface area (Å²) < 4.78 is 13.1. The van der Waals surface area contributed by atoms with Gasteiger partial charge in [0.25, 0.3) is 0 Å². The molecule has 1 fully saturated rings. The molecule has 0 radical (unpaired) electrons. The van der Waals surface area contributed by atoms with E-state index in [0.29, 0.717) is 29.8 Å². The zero-order valence-corrected chi connectivity index (χ0v) is 17.0. The van der Waals surface area contributed by atoms with Crippen LogP contribution in [0.4, 0.5) is 10.1 Å². The average molecular weight is 412 g/mol. The Morgan fingerprint density at radius 2 is 1.83 bits per heavy atom. The maximum Gasteiger partial charge on any atom is 0.233 e. The molecule has 2 aromatic carbocycles. The number of nitrogens with zero attached hydrogens (tertiary/aromatic N) is 4. The van der Waals surface area contributed by atoms with Gasteiger partial charge in [-0.05, 0) is 36.8 Å². The SMILES string of the molecule is Cc1ccccc1-c1nc(SCC(=O)N2CCN(c3ccc(F)cc3)CC2)n[nH]1. The normalized spacial score (nSPS) is 14.3. The molecule has 6 nitrogen and oxygen atoms in total. The van der Waals surface area contributed by atoms with E-state index in [0.717, 1.165) is 29.9 Å². The number of anilines is 1. The number of aryl methyl sites for hydroxylation is 1. The third kappa shape index (κ3) is 4.59. The minimum atomic E-state index is -0.239. The summed E-state index contributed by atoms with van der Waals surface area (Å²) in [4.78, 5) is 21.1. The van der Waals surface area contributed by atoms with E-state index in [2.05, 4.69) is 20.1 Å². The summed E-state index contributed by atoms with van der Waals surface area (Å²) in [7, 11) is 0. The topological polar surface area (TPSA) is 65.1 Å². The molecule has 0 bridgehead atoms. The Kier molecular flexibility index (Phi) is 5.80. The third-order valence-corrected chi connectivity index (χ3v) is 5.85. The van der Waals surface area contributed by atoms with E-state index in [-0.39, 0.29) is 11.7 Å². The van der Waals surface area contributed by atoms with Crippen LogP contribution in [0.25, 0.3) is 11.4 Å². The van der Waals surface area contributed by atoms with Crippen LogP contribution in [-0.2, 0) is 4.79 Å². The molecule has 1 aliphatic rings. The predicted octanol–water partition coefficient (Wildman–Crippen LogP) is 3.36. The molecule has 0 aliphatic carbocycles. The standard InChI is InChI=1S/C21H22FN5OS/c1-15-4-2-3-5-18(15)20-23-21(25-24-20)29-14-19(28)27-12-10-26(11-13-27)17-8-6-16(22)7-9-17/h2-9H,10-14H2,1H3,(H,23,24,25). The maximum atomic E-state index is 13.1. The molecule has 2 heterocycles. The lowest BCUT2D eigenvalue weighted by Crippen LogP contribution is -2.49. The molecule has 4 rings (SSSR count). The number of rotatable bonds is 5. The van der Waals surface area contributed by atoms with Gasteiger partial charge in [-0.3, -0.25) is 9.89 Å². The van der Waals surface area contributed by atoms with Crippen molar-refractivity contribution < 1.29 is 9.18 Å². The summed E-state index contributed by atoms with van der Waals surface area (Å²) in [6.45, 7) is 4.80. The zero-order valence-electron chi connectivity index (χ0n) is 16.1. The smallest absolute Gasteiger partial charge is 0.233 e. The first kappa shape index (κ1) is 19.4. The third-order valence-electron chi connectivity index (χ3n) is 5.01. The Morgan fingerprint density at radius 1 is 1.10 bits per heavy atom. The molecule has 1 saturated heterocycles. The molecule has 1 aromatic heterocycles. The summed E-state index contributed by atoms with van der Waals surface area (Å²) in [5.74, 6) is 0.862. The molecule has 150 valence electrons. The summed E-state index contributed by atoms with van der Waals surface area (Å²) in [6.07, 6.45) is 0. The second-order valence-corrected chi connectivity index (χ2v) is 7.86. The highest BCUT2D eigenvalue weighted by atomic mass is 32.2. The maximum absolute atomic E-state index is 13.1. The van der Waals surface area contributed by atoms with Crippen molar-refractivity contribution in [2.24, 2.45) is 0 Å². The first-order valence-electron chi connectivity index (χ1n) is 9.49. The number of halogens is 1. The van der Waals surface area contributed by atoms with Crippen molar-refractivity contribution in [2.45, 2.75) is 12.1 Å². The molecule has 0 spiro atoms.